The molecule has 0 aromatic rings. The Labute approximate surface area is 205 Å². The lowest BCUT2D eigenvalue weighted by Crippen LogP contribution is -2.67. The molecular weight excluding hydrogens is 486 g/mol. The van der Waals surface area contributed by atoms with Gasteiger partial charge in [0, 0.05) is 26.2 Å². The molecule has 3 aliphatic heterocycles. The summed E-state index contributed by atoms with van der Waals surface area (Å²) in [7, 11) is 0. The highest BCUT2D eigenvalue weighted by Crippen LogP contribution is 2.61. The van der Waals surface area contributed by atoms with Crippen LogP contribution in [0.15, 0.2) is 0 Å². The van der Waals surface area contributed by atoms with Gasteiger partial charge in [0.05, 0.1) is 35.4 Å². The Balaban J connectivity index is 1.05. The van der Waals surface area contributed by atoms with Gasteiger partial charge in [-0.3, -0.25) is 4.79 Å². The van der Waals surface area contributed by atoms with E-state index in [1.54, 1.807) is 0 Å². The minimum Gasteiger partial charge on any atom is -0.459 e. The fraction of sp³-hybridized carbons (Fsp3) is 0.875. The summed E-state index contributed by atoms with van der Waals surface area (Å²) in [6.45, 7) is -0.280. The van der Waals surface area contributed by atoms with Gasteiger partial charge in [-0.05, 0) is 31.6 Å². The molecule has 3 saturated heterocycles. The van der Waals surface area contributed by atoms with Crippen molar-refractivity contribution in [3.05, 3.63) is 0 Å². The molecule has 10 nitrogen and oxygen atoms in total. The number of ether oxygens (including phenoxy) is 6. The molecule has 7 rings (SSSR count). The predicted octanol–water partition coefficient (Wildman–Crippen LogP) is 1.05. The van der Waals surface area contributed by atoms with Crippen LogP contribution in [0.25, 0.3) is 0 Å². The Morgan fingerprint density at radius 1 is 1.08 bits per heavy atom. The standard InChI is InChI=1S/C24H30F2O10/c1-21(25,26)20(29)31-2-3-32-23-6-12-5-22(30,9-23)10-24(7-12,11-23)33-8-15(27)35-17-14-4-13-16(34-14)18(17)36-19(13)28/h12-14,16-18,30H,2-11H2,1H3. The number of hydrogen-bond donors (Lipinski definition) is 1. The first-order valence-electron chi connectivity index (χ1n) is 12.5. The maximum atomic E-state index is 13.0. The van der Waals surface area contributed by atoms with Crippen LogP contribution in [0.2, 0.25) is 0 Å². The average Bonchev–Trinajstić information content (AvgIpc) is 3.38. The number of hydrogen-bond acceptors (Lipinski definition) is 10. The van der Waals surface area contributed by atoms with E-state index in [1.807, 2.05) is 0 Å². The summed E-state index contributed by atoms with van der Waals surface area (Å²) in [6.07, 6.45) is 1.57. The summed E-state index contributed by atoms with van der Waals surface area (Å²) in [4.78, 5) is 35.9. The molecule has 9 unspecified atom stereocenters. The molecular formula is C24H30F2O10. The number of rotatable bonds is 9. The Morgan fingerprint density at radius 2 is 1.81 bits per heavy atom. The minimum atomic E-state index is -3.58. The second kappa shape index (κ2) is 8.05. The van der Waals surface area contributed by atoms with Crippen LogP contribution in [0.4, 0.5) is 8.78 Å². The van der Waals surface area contributed by atoms with Crippen molar-refractivity contribution in [2.75, 3.05) is 19.8 Å². The van der Waals surface area contributed by atoms with Crippen molar-refractivity contribution in [2.45, 2.75) is 99.0 Å². The van der Waals surface area contributed by atoms with Gasteiger partial charge in [0.2, 0.25) is 0 Å². The van der Waals surface area contributed by atoms with Gasteiger partial charge in [-0.15, -0.1) is 0 Å². The number of halogens is 2. The molecule has 200 valence electrons. The Hall–Kier alpha value is -1.89. The van der Waals surface area contributed by atoms with Crippen LogP contribution in [-0.2, 0) is 42.8 Å². The molecule has 3 heterocycles. The largest absolute Gasteiger partial charge is 0.459 e. The van der Waals surface area contributed by atoms with Crippen LogP contribution in [0.1, 0.15) is 51.9 Å². The van der Waals surface area contributed by atoms with Crippen molar-refractivity contribution in [3.63, 3.8) is 0 Å². The topological polar surface area (TPSA) is 127 Å². The summed E-state index contributed by atoms with van der Waals surface area (Å²) in [5.41, 5.74) is -2.58. The van der Waals surface area contributed by atoms with Crippen molar-refractivity contribution in [1.82, 2.24) is 0 Å². The zero-order chi connectivity index (χ0) is 25.5. The molecule has 6 bridgehead atoms. The molecule has 7 aliphatic rings. The molecule has 9 atom stereocenters. The first-order valence-corrected chi connectivity index (χ1v) is 12.5. The van der Waals surface area contributed by atoms with E-state index in [9.17, 15) is 28.3 Å². The number of aliphatic hydroxyl groups is 1. The fourth-order valence-electron chi connectivity index (χ4n) is 7.83. The number of esters is 3. The lowest BCUT2D eigenvalue weighted by molar-refractivity contribution is -0.281. The monoisotopic (exact) mass is 516 g/mol. The molecule has 0 aromatic heterocycles. The van der Waals surface area contributed by atoms with Gasteiger partial charge in [0.1, 0.15) is 19.3 Å². The maximum Gasteiger partial charge on any atom is 0.376 e. The molecule has 0 radical (unpaired) electrons. The Bertz CT molecular complexity index is 969. The summed E-state index contributed by atoms with van der Waals surface area (Å²) in [5.74, 6) is -6.27. The quantitative estimate of drug-likeness (QED) is 0.270. The molecule has 1 N–H and O–H groups in total. The van der Waals surface area contributed by atoms with Crippen LogP contribution >= 0.6 is 0 Å². The van der Waals surface area contributed by atoms with Crippen LogP contribution in [0.3, 0.4) is 0 Å². The van der Waals surface area contributed by atoms with E-state index in [4.69, 9.17) is 23.7 Å². The first kappa shape index (κ1) is 24.4. The summed E-state index contributed by atoms with van der Waals surface area (Å²) >= 11 is 0. The number of alkyl halides is 2. The maximum absolute atomic E-state index is 13.0. The van der Waals surface area contributed by atoms with Gasteiger partial charge in [-0.1, -0.05) is 0 Å². The highest BCUT2D eigenvalue weighted by atomic mass is 19.3. The highest BCUT2D eigenvalue weighted by Gasteiger charge is 2.66. The zero-order valence-electron chi connectivity index (χ0n) is 19.9. The summed E-state index contributed by atoms with van der Waals surface area (Å²) in [5, 5.41) is 11.2. The first-order chi connectivity index (χ1) is 16.9. The molecule has 0 amide bonds. The number of fused-ring (bicyclic) bond motifs is 1. The number of carbonyl (C=O) groups excluding carboxylic acids is 3. The molecule has 12 heteroatoms. The highest BCUT2D eigenvalue weighted by molar-refractivity contribution is 5.78. The third-order valence-corrected chi connectivity index (χ3v) is 8.57. The van der Waals surface area contributed by atoms with E-state index in [0.717, 1.165) is 0 Å². The molecule has 7 fully saturated rings. The molecule has 4 saturated carbocycles. The van der Waals surface area contributed by atoms with Crippen molar-refractivity contribution in [3.8, 4) is 0 Å². The van der Waals surface area contributed by atoms with Gasteiger partial charge >= 0.3 is 23.8 Å². The van der Waals surface area contributed by atoms with E-state index >= 15 is 0 Å². The van der Waals surface area contributed by atoms with E-state index in [0.29, 0.717) is 51.9 Å². The van der Waals surface area contributed by atoms with Gasteiger partial charge < -0.3 is 33.5 Å². The Kier molecular flexibility index (Phi) is 5.47. The van der Waals surface area contributed by atoms with Crippen LogP contribution in [0.5, 0.6) is 0 Å². The van der Waals surface area contributed by atoms with Crippen molar-refractivity contribution in [1.29, 1.82) is 0 Å². The lowest BCUT2D eigenvalue weighted by Gasteiger charge is -2.64. The van der Waals surface area contributed by atoms with Crippen molar-refractivity contribution >= 4 is 17.9 Å². The predicted molar refractivity (Wildman–Crippen MR) is 112 cm³/mol. The summed E-state index contributed by atoms with van der Waals surface area (Å²) in [6, 6.07) is 0. The van der Waals surface area contributed by atoms with Crippen molar-refractivity contribution < 1.29 is 56.7 Å². The van der Waals surface area contributed by atoms with Gasteiger partial charge in [-0.2, -0.15) is 8.78 Å². The van der Waals surface area contributed by atoms with Crippen LogP contribution in [0, 0.1) is 11.8 Å². The normalized spacial score (nSPS) is 45.7. The lowest BCUT2D eigenvalue weighted by atomic mass is 9.50. The molecule has 0 aromatic carbocycles. The van der Waals surface area contributed by atoms with Gasteiger partial charge in [-0.25, -0.2) is 9.59 Å². The molecule has 0 spiro atoms. The van der Waals surface area contributed by atoms with E-state index < -0.39 is 46.9 Å². The SMILES string of the molecule is CC(F)(F)C(=O)OCCOC12CC3CC(O)(C1)CC(OCC(=O)OC1C4CC5C(=O)OC1C5O4)(C3)C2. The molecule has 4 aliphatic carbocycles. The van der Waals surface area contributed by atoms with Gasteiger partial charge in [0.15, 0.2) is 12.2 Å². The minimum absolute atomic E-state index is 0.0892. The third-order valence-electron chi connectivity index (χ3n) is 8.57. The Morgan fingerprint density at radius 3 is 2.50 bits per heavy atom. The second-order valence-electron chi connectivity index (χ2n) is 11.6. The number of carbonyl (C=O) groups is 3. The fourth-order valence-corrected chi connectivity index (χ4v) is 7.83. The van der Waals surface area contributed by atoms with E-state index in [2.05, 4.69) is 4.74 Å². The summed E-state index contributed by atoms with van der Waals surface area (Å²) < 4.78 is 59.5. The van der Waals surface area contributed by atoms with Crippen LogP contribution < -0.4 is 0 Å². The van der Waals surface area contributed by atoms with Crippen molar-refractivity contribution in [2.24, 2.45) is 11.8 Å². The molecule has 36 heavy (non-hydrogen) atoms. The third kappa shape index (κ3) is 4.10. The zero-order valence-corrected chi connectivity index (χ0v) is 19.9. The van der Waals surface area contributed by atoms with E-state index in [-0.39, 0.29) is 49.8 Å². The van der Waals surface area contributed by atoms with Crippen LogP contribution in [-0.4, -0.2) is 90.0 Å². The van der Waals surface area contributed by atoms with E-state index in [1.165, 1.54) is 0 Å². The van der Waals surface area contributed by atoms with Gasteiger partial charge in [0.25, 0.3) is 0 Å². The smallest absolute Gasteiger partial charge is 0.376 e. The average molecular weight is 516 g/mol. The second-order valence-corrected chi connectivity index (χ2v) is 11.6.